The Morgan fingerprint density at radius 2 is 1.67 bits per heavy atom. The van der Waals surface area contributed by atoms with Gasteiger partial charge in [-0.3, -0.25) is 23.9 Å². The monoisotopic (exact) mass is 825 g/mol. The van der Waals surface area contributed by atoms with E-state index in [9.17, 15) is 14.4 Å². The van der Waals surface area contributed by atoms with E-state index in [0.717, 1.165) is 44.5 Å². The first-order chi connectivity index (χ1) is 28.1. The van der Waals surface area contributed by atoms with E-state index >= 15 is 0 Å². The molecule has 15 nitrogen and oxygen atoms in total. The Hall–Kier alpha value is -5.52. The van der Waals surface area contributed by atoms with Crippen molar-refractivity contribution in [1.29, 1.82) is 0 Å². The van der Waals surface area contributed by atoms with E-state index in [4.69, 9.17) is 30.8 Å². The molecule has 5 aromatic rings. The lowest BCUT2D eigenvalue weighted by atomic mass is 9.99. The minimum atomic E-state index is -0.544. The largest absolute Gasteiger partial charge is 0.377 e. The summed E-state index contributed by atoms with van der Waals surface area (Å²) in [6.45, 7) is 9.35. The second kappa shape index (κ2) is 18.8. The van der Waals surface area contributed by atoms with Gasteiger partial charge >= 0.3 is 0 Å². The van der Waals surface area contributed by atoms with Crippen molar-refractivity contribution in [2.24, 2.45) is 4.99 Å². The number of benzene rings is 2. The van der Waals surface area contributed by atoms with Crippen molar-refractivity contribution in [1.82, 2.24) is 25.1 Å². The fourth-order valence-corrected chi connectivity index (χ4v) is 7.92. The van der Waals surface area contributed by atoms with Gasteiger partial charge < -0.3 is 35.5 Å². The maximum absolute atomic E-state index is 13.2. The van der Waals surface area contributed by atoms with Crippen molar-refractivity contribution < 1.29 is 28.6 Å². The zero-order valence-electron chi connectivity index (χ0n) is 32.4. The standard InChI is InChI=1S/C41H44ClN9O6S/c1-24-25(2)58-41-37(24)38(27-4-7-30(42)8-5-27)48-33(39-50-49-26(3)51(39)41)22-35(52)44-13-15-56-17-19-57-18-16-55-14-12-43-34-11-6-28(23-45-34)40(54)46-31-9-10-32-29(20-31)21-36(53)47-32/h4-11,20,23,33H,12-19,21-22H2,1-3H3,(H,43,45)(H,44,52)(H,46,54)(H,47,53)/t33-/m0/s1. The number of hydrogen-bond acceptors (Lipinski definition) is 12. The van der Waals surface area contributed by atoms with Crippen molar-refractivity contribution in [3.05, 3.63) is 110 Å². The molecule has 2 aromatic carbocycles. The number of carbonyl (C=O) groups is 3. The molecule has 0 bridgehead atoms. The number of carbonyl (C=O) groups excluding carboxylic acids is 3. The summed E-state index contributed by atoms with van der Waals surface area (Å²) in [4.78, 5) is 48.1. The lowest BCUT2D eigenvalue weighted by molar-refractivity contribution is -0.121. The zero-order chi connectivity index (χ0) is 40.6. The molecule has 1 atom stereocenters. The number of anilines is 3. The van der Waals surface area contributed by atoms with Gasteiger partial charge in [0, 0.05) is 51.7 Å². The van der Waals surface area contributed by atoms with Gasteiger partial charge in [-0.2, -0.15) is 0 Å². The fraction of sp³-hybridized carbons (Fsp3) is 0.341. The van der Waals surface area contributed by atoms with Crippen LogP contribution in [-0.2, 0) is 30.2 Å². The average molecular weight is 826 g/mol. The summed E-state index contributed by atoms with van der Waals surface area (Å²) in [5.74, 6) is 1.48. The van der Waals surface area contributed by atoms with E-state index in [-0.39, 0.29) is 24.1 Å². The number of aliphatic imine (C=N–C) groups is 1. The summed E-state index contributed by atoms with van der Waals surface area (Å²) in [7, 11) is 0. The molecule has 7 rings (SSSR count). The van der Waals surface area contributed by atoms with Crippen molar-refractivity contribution >= 4 is 63.6 Å². The van der Waals surface area contributed by atoms with E-state index in [1.54, 1.807) is 41.7 Å². The van der Waals surface area contributed by atoms with Crippen LogP contribution < -0.4 is 21.3 Å². The maximum Gasteiger partial charge on any atom is 0.257 e. The first-order valence-electron chi connectivity index (χ1n) is 18.9. The number of aryl methyl sites for hydroxylation is 2. The fourth-order valence-electron chi connectivity index (χ4n) is 6.58. The van der Waals surface area contributed by atoms with Crippen LogP contribution in [0, 0.1) is 20.8 Å². The number of aromatic nitrogens is 4. The highest BCUT2D eigenvalue weighted by Gasteiger charge is 2.32. The molecule has 17 heteroatoms. The Kier molecular flexibility index (Phi) is 13.2. The van der Waals surface area contributed by atoms with Gasteiger partial charge in [-0.05, 0) is 74.4 Å². The Labute approximate surface area is 344 Å². The number of thiophene rings is 1. The molecule has 0 saturated carbocycles. The third-order valence-electron chi connectivity index (χ3n) is 9.61. The summed E-state index contributed by atoms with van der Waals surface area (Å²) in [6, 6.07) is 15.8. The summed E-state index contributed by atoms with van der Waals surface area (Å²) >= 11 is 7.88. The molecule has 302 valence electrons. The van der Waals surface area contributed by atoms with Crippen LogP contribution in [0.25, 0.3) is 5.00 Å². The Morgan fingerprint density at radius 3 is 2.41 bits per heavy atom. The van der Waals surface area contributed by atoms with Crippen molar-refractivity contribution in [2.75, 3.05) is 68.7 Å². The topological polar surface area (TPSA) is 183 Å². The Balaban J connectivity index is 0.760. The molecule has 0 aliphatic carbocycles. The van der Waals surface area contributed by atoms with Gasteiger partial charge in [0.2, 0.25) is 11.8 Å². The van der Waals surface area contributed by atoms with Crippen LogP contribution in [0.3, 0.4) is 0 Å². The van der Waals surface area contributed by atoms with Crippen LogP contribution in [-0.4, -0.2) is 95.9 Å². The molecule has 0 radical (unpaired) electrons. The van der Waals surface area contributed by atoms with Gasteiger partial charge in [-0.25, -0.2) is 4.98 Å². The number of ether oxygens (including phenoxy) is 3. The molecule has 0 fully saturated rings. The van der Waals surface area contributed by atoms with E-state index in [1.807, 2.05) is 35.8 Å². The third kappa shape index (κ3) is 9.77. The number of pyridine rings is 1. The van der Waals surface area contributed by atoms with Gasteiger partial charge in [0.15, 0.2) is 5.82 Å². The van der Waals surface area contributed by atoms with Crippen LogP contribution in [0.5, 0.6) is 0 Å². The molecule has 4 N–H and O–H groups in total. The second-order valence-electron chi connectivity index (χ2n) is 13.7. The normalized spacial score (nSPS) is 14.2. The number of rotatable bonds is 18. The molecule has 5 heterocycles. The third-order valence-corrected chi connectivity index (χ3v) is 11.1. The molecule has 0 unspecified atom stereocenters. The number of halogens is 1. The highest BCUT2D eigenvalue weighted by molar-refractivity contribution is 7.15. The predicted molar refractivity (Wildman–Crippen MR) is 223 cm³/mol. The van der Waals surface area contributed by atoms with E-state index in [2.05, 4.69) is 50.3 Å². The number of fused-ring (bicyclic) bond motifs is 4. The molecule has 58 heavy (non-hydrogen) atoms. The van der Waals surface area contributed by atoms with Crippen LogP contribution in [0.1, 0.15) is 61.6 Å². The SMILES string of the molecule is Cc1sc2c(c1C)C(c1ccc(Cl)cc1)=N[C@@H](CC(=O)NCCOCCOCCOCCNc1ccc(C(=O)Nc3ccc4c(c3)CC(=O)N4)cn1)c1nnc(C)n1-2. The molecular weight excluding hydrogens is 782 g/mol. The second-order valence-corrected chi connectivity index (χ2v) is 15.3. The lowest BCUT2D eigenvalue weighted by Crippen LogP contribution is -2.29. The van der Waals surface area contributed by atoms with E-state index < -0.39 is 6.04 Å². The van der Waals surface area contributed by atoms with Gasteiger partial charge in [0.25, 0.3) is 5.91 Å². The van der Waals surface area contributed by atoms with Crippen molar-refractivity contribution in [3.63, 3.8) is 0 Å². The molecule has 3 aromatic heterocycles. The average Bonchev–Trinajstić information content (AvgIpc) is 3.85. The van der Waals surface area contributed by atoms with Gasteiger partial charge in [-0.1, -0.05) is 23.7 Å². The number of hydrogen-bond donors (Lipinski definition) is 4. The number of amides is 3. The van der Waals surface area contributed by atoms with Crippen molar-refractivity contribution in [2.45, 2.75) is 39.7 Å². The Morgan fingerprint density at radius 1 is 0.931 bits per heavy atom. The van der Waals surface area contributed by atoms with Crippen LogP contribution in [0.4, 0.5) is 17.2 Å². The van der Waals surface area contributed by atoms with Crippen LogP contribution in [0.15, 0.2) is 65.8 Å². The number of nitrogens with zero attached hydrogens (tertiary/aromatic N) is 5. The molecule has 0 saturated heterocycles. The van der Waals surface area contributed by atoms with Crippen LogP contribution in [0.2, 0.25) is 5.02 Å². The number of nitrogens with one attached hydrogen (secondary N) is 4. The smallest absolute Gasteiger partial charge is 0.257 e. The van der Waals surface area contributed by atoms with E-state index in [0.29, 0.717) is 87.1 Å². The predicted octanol–water partition coefficient (Wildman–Crippen LogP) is 5.61. The molecule has 0 spiro atoms. The highest BCUT2D eigenvalue weighted by Crippen LogP contribution is 2.39. The lowest BCUT2D eigenvalue weighted by Gasteiger charge is -2.13. The maximum atomic E-state index is 13.2. The van der Waals surface area contributed by atoms with Crippen molar-refractivity contribution in [3.8, 4) is 5.00 Å². The van der Waals surface area contributed by atoms with Gasteiger partial charge in [-0.15, -0.1) is 21.5 Å². The summed E-state index contributed by atoms with van der Waals surface area (Å²) < 4.78 is 18.9. The minimum absolute atomic E-state index is 0.0573. The first kappa shape index (κ1) is 40.7. The summed E-state index contributed by atoms with van der Waals surface area (Å²) in [6.07, 6.45) is 1.90. The summed E-state index contributed by atoms with van der Waals surface area (Å²) in [5.41, 5.74) is 6.53. The highest BCUT2D eigenvalue weighted by atomic mass is 35.5. The van der Waals surface area contributed by atoms with Crippen LogP contribution >= 0.6 is 22.9 Å². The molecule has 3 amide bonds. The molecular formula is C41H44ClN9O6S. The molecule has 2 aliphatic rings. The van der Waals surface area contributed by atoms with Gasteiger partial charge in [0.05, 0.1) is 63.8 Å². The van der Waals surface area contributed by atoms with E-state index in [1.165, 1.54) is 11.1 Å². The Bertz CT molecular complexity index is 2310. The van der Waals surface area contributed by atoms with Gasteiger partial charge in [0.1, 0.15) is 22.7 Å². The summed E-state index contributed by atoms with van der Waals surface area (Å²) in [5, 5.41) is 22.2. The quantitative estimate of drug-likeness (QED) is 0.0811. The first-order valence-corrected chi connectivity index (χ1v) is 20.1. The minimum Gasteiger partial charge on any atom is -0.377 e. The molecule has 2 aliphatic heterocycles. The zero-order valence-corrected chi connectivity index (χ0v) is 34.0.